The fraction of sp³-hybridized carbons (Fsp3) is 0.458. The van der Waals surface area contributed by atoms with Crippen LogP contribution in [0.25, 0.3) is 0 Å². The summed E-state index contributed by atoms with van der Waals surface area (Å²) in [5, 5.41) is 7.86. The normalized spacial score (nSPS) is 20.5. The Morgan fingerprint density at radius 3 is 2.49 bits per heavy atom. The van der Waals surface area contributed by atoms with Crippen molar-refractivity contribution in [3.8, 4) is 0 Å². The Morgan fingerprint density at radius 2 is 1.77 bits per heavy atom. The van der Waals surface area contributed by atoms with E-state index in [1.165, 1.54) is 0 Å². The summed E-state index contributed by atoms with van der Waals surface area (Å²) in [7, 11) is 0. The fourth-order valence-corrected chi connectivity index (χ4v) is 5.34. The highest BCUT2D eigenvalue weighted by molar-refractivity contribution is 6.42. The third-order valence-corrected chi connectivity index (χ3v) is 7.87. The lowest BCUT2D eigenvalue weighted by molar-refractivity contribution is -0.119. The summed E-state index contributed by atoms with van der Waals surface area (Å²) in [6, 6.07) is 9.40. The number of piperazine rings is 1. The number of likely N-dealkylation sites (tertiary alicyclic amines) is 1. The fourth-order valence-electron chi connectivity index (χ4n) is 4.77. The second-order valence-corrected chi connectivity index (χ2v) is 10.5. The van der Waals surface area contributed by atoms with Crippen LogP contribution in [0.5, 0.6) is 0 Å². The number of carbonyl (C=O) groups is 1. The molecule has 11 heteroatoms. The number of carbonyl (C=O) groups excluding carboxylic acids is 1. The molecule has 0 aliphatic carbocycles. The smallest absolute Gasteiger partial charge is 0.283 e. The number of anilines is 1. The number of rotatable bonds is 5. The van der Waals surface area contributed by atoms with Gasteiger partial charge in [-0.2, -0.15) is 0 Å². The Morgan fingerprint density at radius 1 is 1.00 bits per heavy atom. The van der Waals surface area contributed by atoms with Gasteiger partial charge >= 0.3 is 0 Å². The molecule has 1 spiro atoms. The number of piperidine rings is 1. The van der Waals surface area contributed by atoms with Crippen LogP contribution in [0.15, 0.2) is 41.7 Å². The van der Waals surface area contributed by atoms with Crippen LogP contribution in [-0.4, -0.2) is 71.4 Å². The topological polar surface area (TPSA) is 73.3 Å². The molecule has 0 atom stereocenters. The van der Waals surface area contributed by atoms with Gasteiger partial charge in [0.25, 0.3) is 5.91 Å². The summed E-state index contributed by atoms with van der Waals surface area (Å²) in [5.41, 5.74) is 4.18. The molecule has 0 saturated carbocycles. The second kappa shape index (κ2) is 10.5. The quantitative estimate of drug-likeness (QED) is 0.621. The number of nitrogens with zero attached hydrogens (tertiary/aromatic N) is 5. The summed E-state index contributed by atoms with van der Waals surface area (Å²) < 4.78 is 0. The van der Waals surface area contributed by atoms with Crippen molar-refractivity contribution in [2.24, 2.45) is 5.16 Å². The van der Waals surface area contributed by atoms with Crippen molar-refractivity contribution in [2.75, 3.05) is 44.2 Å². The Bertz CT molecular complexity index is 1110. The standard InChI is InChI=1S/C24H27Cl3N6O2/c25-18-4-3-17(14-20(18)27)16-31-8-5-24(6-9-31)15-21(30-35-24)23(34)29-33-12-10-32(11-13-33)22-19(26)2-1-7-28-22/h1-4,7,14H,5-6,8-13,15-16H2,(H,29,34). The highest BCUT2D eigenvalue weighted by Crippen LogP contribution is 2.35. The Hall–Kier alpha value is -2.10. The summed E-state index contributed by atoms with van der Waals surface area (Å²) in [5.74, 6) is 0.589. The van der Waals surface area contributed by atoms with Gasteiger partial charge in [-0.25, -0.2) is 9.99 Å². The molecule has 35 heavy (non-hydrogen) atoms. The molecule has 0 radical (unpaired) electrons. The van der Waals surface area contributed by atoms with Crippen LogP contribution in [0.2, 0.25) is 15.1 Å². The molecule has 0 unspecified atom stereocenters. The van der Waals surface area contributed by atoms with Crippen molar-refractivity contribution in [3.05, 3.63) is 57.2 Å². The molecule has 8 nitrogen and oxygen atoms in total. The van der Waals surface area contributed by atoms with Crippen molar-refractivity contribution in [1.29, 1.82) is 0 Å². The summed E-state index contributed by atoms with van der Waals surface area (Å²) in [6.07, 6.45) is 3.90. The van der Waals surface area contributed by atoms with Crippen LogP contribution in [0.3, 0.4) is 0 Å². The number of pyridine rings is 1. The summed E-state index contributed by atoms with van der Waals surface area (Å²) >= 11 is 18.4. The van der Waals surface area contributed by atoms with Crippen LogP contribution < -0.4 is 10.3 Å². The number of amides is 1. The number of hydrogen-bond acceptors (Lipinski definition) is 7. The summed E-state index contributed by atoms with van der Waals surface area (Å²) in [6.45, 7) is 5.31. The predicted molar refractivity (Wildman–Crippen MR) is 138 cm³/mol. The molecule has 2 saturated heterocycles. The maximum Gasteiger partial charge on any atom is 0.283 e. The van der Waals surface area contributed by atoms with E-state index in [0.29, 0.717) is 40.3 Å². The third-order valence-electron chi connectivity index (χ3n) is 6.84. The lowest BCUT2D eigenvalue weighted by Crippen LogP contribution is -2.55. The molecule has 1 N–H and O–H groups in total. The Balaban J connectivity index is 1.08. The number of benzene rings is 1. The second-order valence-electron chi connectivity index (χ2n) is 9.24. The molecule has 1 aromatic carbocycles. The Labute approximate surface area is 219 Å². The van der Waals surface area contributed by atoms with Gasteiger partial charge in [0.05, 0.1) is 15.1 Å². The average molecular weight is 538 g/mol. The number of hydrazine groups is 1. The minimum Gasteiger partial charge on any atom is -0.388 e. The molecule has 186 valence electrons. The van der Waals surface area contributed by atoms with Crippen molar-refractivity contribution in [3.63, 3.8) is 0 Å². The van der Waals surface area contributed by atoms with Crippen molar-refractivity contribution in [1.82, 2.24) is 20.3 Å². The molecule has 2 fully saturated rings. The first-order chi connectivity index (χ1) is 16.9. The van der Waals surface area contributed by atoms with Crippen LogP contribution in [0, 0.1) is 0 Å². The lowest BCUT2D eigenvalue weighted by Gasteiger charge is -2.37. The molecule has 1 aromatic heterocycles. The molecule has 2 aromatic rings. The van der Waals surface area contributed by atoms with Crippen LogP contribution in [0.4, 0.5) is 5.82 Å². The average Bonchev–Trinajstić information content (AvgIpc) is 3.28. The summed E-state index contributed by atoms with van der Waals surface area (Å²) in [4.78, 5) is 27.6. The molecule has 3 aliphatic heterocycles. The van der Waals surface area contributed by atoms with E-state index in [1.54, 1.807) is 6.20 Å². The maximum absolute atomic E-state index is 12.9. The Kier molecular flexibility index (Phi) is 7.37. The minimum absolute atomic E-state index is 0.190. The monoisotopic (exact) mass is 536 g/mol. The van der Waals surface area contributed by atoms with Crippen molar-refractivity contribution in [2.45, 2.75) is 31.4 Å². The molecule has 5 rings (SSSR count). The maximum atomic E-state index is 12.9. The van der Waals surface area contributed by atoms with Gasteiger partial charge in [-0.05, 0) is 29.8 Å². The van der Waals surface area contributed by atoms with E-state index in [-0.39, 0.29) is 5.91 Å². The number of oxime groups is 1. The zero-order chi connectivity index (χ0) is 24.4. The van der Waals surface area contributed by atoms with Crippen LogP contribution in [-0.2, 0) is 16.2 Å². The highest BCUT2D eigenvalue weighted by Gasteiger charge is 2.44. The van der Waals surface area contributed by atoms with Gasteiger partial charge in [-0.15, -0.1) is 0 Å². The molecular formula is C24H27Cl3N6O2. The van der Waals surface area contributed by atoms with Gasteiger partial charge in [0, 0.05) is 71.3 Å². The highest BCUT2D eigenvalue weighted by atomic mass is 35.5. The van der Waals surface area contributed by atoms with Gasteiger partial charge in [0.2, 0.25) is 0 Å². The molecule has 3 aliphatic rings. The van der Waals surface area contributed by atoms with E-state index in [9.17, 15) is 4.79 Å². The molecule has 4 heterocycles. The zero-order valence-corrected chi connectivity index (χ0v) is 21.5. The third kappa shape index (κ3) is 5.67. The van der Waals surface area contributed by atoms with E-state index < -0.39 is 5.60 Å². The van der Waals surface area contributed by atoms with E-state index in [2.05, 4.69) is 25.4 Å². The number of halogens is 3. The van der Waals surface area contributed by atoms with Gasteiger partial charge in [0.15, 0.2) is 0 Å². The molecular weight excluding hydrogens is 511 g/mol. The van der Waals surface area contributed by atoms with Gasteiger partial charge in [-0.3, -0.25) is 15.1 Å². The SMILES string of the molecule is O=C(NN1CCN(c2ncccc2Cl)CC1)C1=NOC2(CCN(Cc3ccc(Cl)c(Cl)c3)CC2)C1. The van der Waals surface area contributed by atoms with E-state index in [0.717, 1.165) is 56.9 Å². The molecule has 1 amide bonds. The number of nitrogens with one attached hydrogen (secondary N) is 1. The zero-order valence-electron chi connectivity index (χ0n) is 19.2. The predicted octanol–water partition coefficient (Wildman–Crippen LogP) is 4.01. The van der Waals surface area contributed by atoms with Crippen molar-refractivity contribution < 1.29 is 9.63 Å². The van der Waals surface area contributed by atoms with E-state index >= 15 is 0 Å². The first-order valence-corrected chi connectivity index (χ1v) is 12.9. The van der Waals surface area contributed by atoms with Gasteiger partial charge in [0.1, 0.15) is 17.1 Å². The lowest BCUT2D eigenvalue weighted by atomic mass is 9.86. The first kappa shape index (κ1) is 24.6. The molecule has 0 bridgehead atoms. The largest absolute Gasteiger partial charge is 0.388 e. The van der Waals surface area contributed by atoms with E-state index in [1.807, 2.05) is 35.3 Å². The number of aromatic nitrogens is 1. The van der Waals surface area contributed by atoms with Crippen LogP contribution >= 0.6 is 34.8 Å². The van der Waals surface area contributed by atoms with Gasteiger partial charge < -0.3 is 9.74 Å². The minimum atomic E-state index is -0.394. The van der Waals surface area contributed by atoms with Gasteiger partial charge in [-0.1, -0.05) is 46.0 Å². The van der Waals surface area contributed by atoms with Crippen LogP contribution in [0.1, 0.15) is 24.8 Å². The first-order valence-electron chi connectivity index (χ1n) is 11.7. The van der Waals surface area contributed by atoms with Crippen molar-refractivity contribution >= 4 is 52.2 Å². The van der Waals surface area contributed by atoms with E-state index in [4.69, 9.17) is 39.6 Å². The number of hydrogen-bond donors (Lipinski definition) is 1.